The molecular formula is C11H15FN2O3. The first-order chi connectivity index (χ1) is 8.13. The first-order valence-corrected chi connectivity index (χ1v) is 5.23. The minimum atomic E-state index is -0.718. The zero-order chi connectivity index (χ0) is 12.7. The van der Waals surface area contributed by atoms with Crippen molar-refractivity contribution in [2.75, 3.05) is 13.2 Å². The summed E-state index contributed by atoms with van der Waals surface area (Å²) in [6.07, 6.45) is 0.487. The number of halogens is 1. The first kappa shape index (κ1) is 13.2. The third kappa shape index (κ3) is 4.69. The Morgan fingerprint density at radius 2 is 2.12 bits per heavy atom. The van der Waals surface area contributed by atoms with Gasteiger partial charge in [-0.3, -0.25) is 0 Å². The Hall–Kier alpha value is -1.82. The number of phenolic OH excluding ortho intramolecular Hbond substituents is 1. The summed E-state index contributed by atoms with van der Waals surface area (Å²) in [7, 11) is 0. The topological polar surface area (TPSA) is 81.6 Å². The molecule has 1 rings (SSSR count). The number of carbonyl (C=O) groups is 1. The Kier molecular flexibility index (Phi) is 5.22. The lowest BCUT2D eigenvalue weighted by atomic mass is 10.2. The fraction of sp³-hybridized carbons (Fsp3) is 0.364. The number of hydrogen-bond donors (Lipinski definition) is 4. The van der Waals surface area contributed by atoms with Crippen LogP contribution in [0.2, 0.25) is 0 Å². The van der Waals surface area contributed by atoms with Gasteiger partial charge >= 0.3 is 6.03 Å². The minimum absolute atomic E-state index is 0.0173. The molecule has 1 aromatic rings. The number of rotatable bonds is 5. The predicted octanol–water partition coefficient (Wildman–Crippen LogP) is 0.713. The van der Waals surface area contributed by atoms with E-state index >= 15 is 0 Å². The van der Waals surface area contributed by atoms with Gasteiger partial charge in [-0.15, -0.1) is 0 Å². The smallest absolute Gasteiger partial charge is 0.315 e. The van der Waals surface area contributed by atoms with Gasteiger partial charge in [0.15, 0.2) is 11.6 Å². The molecule has 0 unspecified atom stereocenters. The summed E-state index contributed by atoms with van der Waals surface area (Å²) in [5, 5.41) is 22.5. The van der Waals surface area contributed by atoms with Crippen molar-refractivity contribution in [3.63, 3.8) is 0 Å². The predicted molar refractivity (Wildman–Crippen MR) is 60.0 cm³/mol. The van der Waals surface area contributed by atoms with Gasteiger partial charge in [0.05, 0.1) is 0 Å². The second-order valence-electron chi connectivity index (χ2n) is 3.47. The zero-order valence-electron chi connectivity index (χ0n) is 9.24. The SMILES string of the molecule is O=C(NCCCO)NCc1ccc(O)c(F)c1. The number of phenols is 1. The normalized spacial score (nSPS) is 10.0. The fourth-order valence-corrected chi connectivity index (χ4v) is 1.19. The van der Waals surface area contributed by atoms with Gasteiger partial charge in [-0.25, -0.2) is 9.18 Å². The highest BCUT2D eigenvalue weighted by Gasteiger charge is 2.03. The lowest BCUT2D eigenvalue weighted by Crippen LogP contribution is -2.35. The maximum atomic E-state index is 12.9. The highest BCUT2D eigenvalue weighted by Crippen LogP contribution is 2.15. The van der Waals surface area contributed by atoms with Crippen molar-refractivity contribution in [1.29, 1.82) is 0 Å². The van der Waals surface area contributed by atoms with E-state index in [4.69, 9.17) is 10.2 Å². The molecule has 4 N–H and O–H groups in total. The molecule has 0 bridgehead atoms. The average Bonchev–Trinajstić information content (AvgIpc) is 2.31. The van der Waals surface area contributed by atoms with E-state index in [0.717, 1.165) is 6.07 Å². The molecule has 0 radical (unpaired) electrons. The number of hydrogen-bond acceptors (Lipinski definition) is 3. The Labute approximate surface area is 98.3 Å². The van der Waals surface area contributed by atoms with Crippen LogP contribution in [-0.2, 0) is 6.54 Å². The first-order valence-electron chi connectivity index (χ1n) is 5.23. The zero-order valence-corrected chi connectivity index (χ0v) is 9.24. The average molecular weight is 242 g/mol. The van der Waals surface area contributed by atoms with Crippen LogP contribution < -0.4 is 10.6 Å². The van der Waals surface area contributed by atoms with Crippen LogP contribution >= 0.6 is 0 Å². The highest BCUT2D eigenvalue weighted by atomic mass is 19.1. The molecule has 94 valence electrons. The minimum Gasteiger partial charge on any atom is -0.505 e. The Bertz CT molecular complexity index is 385. The monoisotopic (exact) mass is 242 g/mol. The summed E-state index contributed by atoms with van der Waals surface area (Å²) in [4.78, 5) is 11.2. The number of urea groups is 1. The largest absolute Gasteiger partial charge is 0.505 e. The van der Waals surface area contributed by atoms with E-state index in [1.807, 2.05) is 0 Å². The molecule has 1 aromatic carbocycles. The second-order valence-corrected chi connectivity index (χ2v) is 3.47. The number of aliphatic hydroxyl groups is 1. The number of amides is 2. The summed E-state index contributed by atoms with van der Waals surface area (Å²) in [6, 6.07) is 3.53. The molecule has 0 atom stereocenters. The number of carbonyl (C=O) groups excluding carboxylic acids is 1. The van der Waals surface area contributed by atoms with Gasteiger partial charge in [-0.05, 0) is 24.1 Å². The molecule has 0 aliphatic heterocycles. The van der Waals surface area contributed by atoms with Gasteiger partial charge in [-0.1, -0.05) is 6.07 Å². The molecular weight excluding hydrogens is 227 g/mol. The standard InChI is InChI=1S/C11H15FN2O3/c12-9-6-8(2-3-10(9)16)7-14-11(17)13-4-1-5-15/h2-3,6,15-16H,1,4-5,7H2,(H2,13,14,17). The van der Waals surface area contributed by atoms with E-state index in [0.29, 0.717) is 18.5 Å². The summed E-state index contributed by atoms with van der Waals surface area (Å²) < 4.78 is 12.9. The maximum Gasteiger partial charge on any atom is 0.315 e. The molecule has 5 nitrogen and oxygen atoms in total. The van der Waals surface area contributed by atoms with E-state index in [2.05, 4.69) is 10.6 Å². The molecule has 0 aliphatic rings. The molecule has 2 amide bonds. The fourth-order valence-electron chi connectivity index (χ4n) is 1.19. The van der Waals surface area contributed by atoms with E-state index < -0.39 is 11.6 Å². The van der Waals surface area contributed by atoms with Crippen LogP contribution in [0.5, 0.6) is 5.75 Å². The second kappa shape index (κ2) is 6.70. The van der Waals surface area contributed by atoms with E-state index in [-0.39, 0.29) is 19.2 Å². The van der Waals surface area contributed by atoms with Gasteiger partial charge in [0.1, 0.15) is 0 Å². The van der Waals surface area contributed by atoms with Crippen LogP contribution in [0.3, 0.4) is 0 Å². The van der Waals surface area contributed by atoms with Crippen molar-refractivity contribution in [2.24, 2.45) is 0 Å². The number of benzene rings is 1. The molecule has 0 spiro atoms. The number of aliphatic hydroxyl groups excluding tert-OH is 1. The lowest BCUT2D eigenvalue weighted by Gasteiger charge is -2.07. The molecule has 0 saturated heterocycles. The van der Waals surface area contributed by atoms with Crippen LogP contribution in [-0.4, -0.2) is 29.4 Å². The van der Waals surface area contributed by atoms with Crippen LogP contribution in [0.1, 0.15) is 12.0 Å². The highest BCUT2D eigenvalue weighted by molar-refractivity contribution is 5.73. The summed E-state index contributed by atoms with van der Waals surface area (Å²) in [5.74, 6) is -1.13. The van der Waals surface area contributed by atoms with Gasteiger partial charge in [0.2, 0.25) is 0 Å². The van der Waals surface area contributed by atoms with Crippen molar-refractivity contribution in [1.82, 2.24) is 10.6 Å². The Morgan fingerprint density at radius 1 is 1.35 bits per heavy atom. The van der Waals surface area contributed by atoms with E-state index in [1.165, 1.54) is 12.1 Å². The van der Waals surface area contributed by atoms with Gasteiger partial charge < -0.3 is 20.8 Å². The molecule has 0 heterocycles. The van der Waals surface area contributed by atoms with Gasteiger partial charge in [-0.2, -0.15) is 0 Å². The lowest BCUT2D eigenvalue weighted by molar-refractivity contribution is 0.237. The quantitative estimate of drug-likeness (QED) is 0.574. The Balaban J connectivity index is 2.34. The third-order valence-corrected chi connectivity index (χ3v) is 2.09. The van der Waals surface area contributed by atoms with E-state index in [9.17, 15) is 9.18 Å². The molecule has 0 fully saturated rings. The van der Waals surface area contributed by atoms with Crippen LogP contribution in [0.4, 0.5) is 9.18 Å². The van der Waals surface area contributed by atoms with Crippen LogP contribution in [0, 0.1) is 5.82 Å². The maximum absolute atomic E-state index is 12.9. The molecule has 0 aromatic heterocycles. The van der Waals surface area contributed by atoms with Crippen molar-refractivity contribution in [3.05, 3.63) is 29.6 Å². The summed E-state index contributed by atoms with van der Waals surface area (Å²) in [6.45, 7) is 0.567. The van der Waals surface area contributed by atoms with Crippen molar-refractivity contribution in [3.8, 4) is 5.75 Å². The number of aromatic hydroxyl groups is 1. The van der Waals surface area contributed by atoms with Crippen molar-refractivity contribution < 1.29 is 19.4 Å². The molecule has 6 heteroatoms. The molecule has 17 heavy (non-hydrogen) atoms. The van der Waals surface area contributed by atoms with E-state index in [1.54, 1.807) is 0 Å². The molecule has 0 saturated carbocycles. The van der Waals surface area contributed by atoms with Gasteiger partial charge in [0.25, 0.3) is 0 Å². The van der Waals surface area contributed by atoms with Crippen molar-refractivity contribution in [2.45, 2.75) is 13.0 Å². The summed E-state index contributed by atoms with van der Waals surface area (Å²) in [5.41, 5.74) is 0.553. The number of nitrogens with one attached hydrogen (secondary N) is 2. The summed E-state index contributed by atoms with van der Waals surface area (Å²) >= 11 is 0. The van der Waals surface area contributed by atoms with Crippen molar-refractivity contribution >= 4 is 6.03 Å². The molecule has 0 aliphatic carbocycles. The Morgan fingerprint density at radius 3 is 2.76 bits per heavy atom. The van der Waals surface area contributed by atoms with Crippen LogP contribution in [0.25, 0.3) is 0 Å². The van der Waals surface area contributed by atoms with Crippen LogP contribution in [0.15, 0.2) is 18.2 Å². The third-order valence-electron chi connectivity index (χ3n) is 2.09. The van der Waals surface area contributed by atoms with Gasteiger partial charge in [0, 0.05) is 19.7 Å².